The Morgan fingerprint density at radius 1 is 0.912 bits per heavy atom. The Morgan fingerprint density at radius 3 is 2.15 bits per heavy atom. The van der Waals surface area contributed by atoms with E-state index >= 15 is 0 Å². The van der Waals surface area contributed by atoms with Gasteiger partial charge in [-0.25, -0.2) is 9.78 Å². The third-order valence-corrected chi connectivity index (χ3v) is 4.47. The van der Waals surface area contributed by atoms with Crippen LogP contribution in [0.3, 0.4) is 0 Å². The number of ether oxygens (including phenoxy) is 2. The van der Waals surface area contributed by atoms with Gasteiger partial charge in [-0.3, -0.25) is 9.20 Å². The molecular formula is C23H17F3N4O4. The summed E-state index contributed by atoms with van der Waals surface area (Å²) in [4.78, 5) is 28.6. The summed E-state index contributed by atoms with van der Waals surface area (Å²) in [5, 5.41) is 5.10. The van der Waals surface area contributed by atoms with Crippen molar-refractivity contribution >= 4 is 23.1 Å². The van der Waals surface area contributed by atoms with Crippen LogP contribution in [0.5, 0.6) is 11.5 Å². The van der Waals surface area contributed by atoms with E-state index in [1.54, 1.807) is 48.7 Å². The number of aromatic nitrogens is 2. The number of fused-ring (bicyclic) bond motifs is 1. The predicted octanol–water partition coefficient (Wildman–Crippen LogP) is 4.82. The number of urea groups is 1. The Hall–Kier alpha value is -4.54. The van der Waals surface area contributed by atoms with Gasteiger partial charge in [0.05, 0.1) is 5.69 Å². The number of amides is 2. The molecule has 2 aromatic heterocycles. The lowest BCUT2D eigenvalue weighted by atomic mass is 10.3. The maximum atomic E-state index is 12.2. The van der Waals surface area contributed by atoms with E-state index in [4.69, 9.17) is 4.74 Å². The predicted molar refractivity (Wildman–Crippen MR) is 118 cm³/mol. The molecule has 4 rings (SSSR count). The molecule has 174 valence electrons. The first-order chi connectivity index (χ1) is 16.2. The minimum atomic E-state index is -4.79. The molecule has 4 aromatic rings. The monoisotopic (exact) mass is 470 g/mol. The molecule has 0 bridgehead atoms. The van der Waals surface area contributed by atoms with E-state index in [-0.39, 0.29) is 17.9 Å². The molecule has 0 saturated carbocycles. The van der Waals surface area contributed by atoms with E-state index in [0.717, 1.165) is 12.1 Å². The summed E-state index contributed by atoms with van der Waals surface area (Å²) in [5.41, 5.74) is 1.53. The first kappa shape index (κ1) is 22.6. The summed E-state index contributed by atoms with van der Waals surface area (Å²) in [6.45, 7) is 0.0853. The molecule has 2 heterocycles. The summed E-state index contributed by atoms with van der Waals surface area (Å²) in [6, 6.07) is 17.3. The van der Waals surface area contributed by atoms with Crippen molar-refractivity contribution in [1.82, 2.24) is 9.38 Å². The van der Waals surface area contributed by atoms with Crippen molar-refractivity contribution < 1.29 is 27.4 Å². The van der Waals surface area contributed by atoms with E-state index in [9.17, 15) is 22.8 Å². The molecule has 0 aliphatic rings. The topological polar surface area (TPSA) is 94.0 Å². The average Bonchev–Trinajstić information content (AvgIpc) is 2.79. The lowest BCUT2D eigenvalue weighted by molar-refractivity contribution is -0.274. The average molecular weight is 470 g/mol. The number of halogens is 3. The number of alkyl halides is 3. The van der Waals surface area contributed by atoms with Gasteiger partial charge in [-0.2, -0.15) is 0 Å². The molecule has 0 fully saturated rings. The summed E-state index contributed by atoms with van der Waals surface area (Å²) >= 11 is 0. The number of carbonyl (C=O) groups excluding carboxylic acids is 1. The number of nitrogens with zero attached hydrogens (tertiary/aromatic N) is 2. The molecule has 2 aromatic carbocycles. The highest BCUT2D eigenvalue weighted by Crippen LogP contribution is 2.24. The number of rotatable bonds is 6. The van der Waals surface area contributed by atoms with Crippen LogP contribution in [-0.2, 0) is 6.61 Å². The molecule has 0 aliphatic heterocycles. The number of nitrogens with one attached hydrogen (secondary N) is 2. The zero-order chi connectivity index (χ0) is 24.1. The van der Waals surface area contributed by atoms with Crippen molar-refractivity contribution in [2.45, 2.75) is 13.0 Å². The van der Waals surface area contributed by atoms with Crippen LogP contribution in [-0.4, -0.2) is 21.8 Å². The molecule has 0 spiro atoms. The smallest absolute Gasteiger partial charge is 0.487 e. The van der Waals surface area contributed by atoms with Crippen molar-refractivity contribution in [1.29, 1.82) is 0 Å². The number of anilines is 2. The lowest BCUT2D eigenvalue weighted by Gasteiger charge is -2.11. The molecule has 8 nitrogen and oxygen atoms in total. The molecule has 11 heteroatoms. The van der Waals surface area contributed by atoms with Gasteiger partial charge in [0.25, 0.3) is 5.56 Å². The SMILES string of the molecule is O=C(Nc1ccc(OCc2cc(=O)n3ccccc3n2)cc1)Nc1ccc(OC(F)(F)F)cc1. The van der Waals surface area contributed by atoms with Gasteiger partial charge in [0.2, 0.25) is 0 Å². The van der Waals surface area contributed by atoms with Crippen LogP contribution in [0.4, 0.5) is 29.3 Å². The largest absolute Gasteiger partial charge is 0.573 e. The van der Waals surface area contributed by atoms with Gasteiger partial charge in [-0.15, -0.1) is 13.2 Å². The van der Waals surface area contributed by atoms with Gasteiger partial charge in [0.1, 0.15) is 23.8 Å². The summed E-state index contributed by atoms with van der Waals surface area (Å²) in [6.07, 6.45) is -3.15. The zero-order valence-electron chi connectivity index (χ0n) is 17.4. The van der Waals surface area contributed by atoms with E-state index in [0.29, 0.717) is 22.8 Å². The molecule has 0 unspecified atom stereocenters. The van der Waals surface area contributed by atoms with Crippen LogP contribution in [0.2, 0.25) is 0 Å². The van der Waals surface area contributed by atoms with Gasteiger partial charge < -0.3 is 20.1 Å². The molecule has 2 N–H and O–H groups in total. The van der Waals surface area contributed by atoms with E-state index in [2.05, 4.69) is 20.4 Å². The molecule has 2 amide bonds. The minimum Gasteiger partial charge on any atom is -0.487 e. The number of carbonyl (C=O) groups is 1. The summed E-state index contributed by atoms with van der Waals surface area (Å²) < 4.78 is 47.5. The highest BCUT2D eigenvalue weighted by molar-refractivity contribution is 5.99. The van der Waals surface area contributed by atoms with Gasteiger partial charge in [-0.05, 0) is 60.7 Å². The number of benzene rings is 2. The number of pyridine rings is 1. The third kappa shape index (κ3) is 6.03. The lowest BCUT2D eigenvalue weighted by Crippen LogP contribution is -2.19. The molecule has 0 aliphatic carbocycles. The van der Waals surface area contributed by atoms with Gasteiger partial charge in [0.15, 0.2) is 0 Å². The first-order valence-corrected chi connectivity index (χ1v) is 9.89. The Bertz CT molecular complexity index is 1350. The highest BCUT2D eigenvalue weighted by atomic mass is 19.4. The van der Waals surface area contributed by atoms with Crippen molar-refractivity contribution in [3.05, 3.63) is 95.0 Å². The number of hydrogen-bond acceptors (Lipinski definition) is 5. The normalized spacial score (nSPS) is 11.1. The fourth-order valence-corrected chi connectivity index (χ4v) is 3.00. The maximum Gasteiger partial charge on any atom is 0.573 e. The van der Waals surface area contributed by atoms with E-state index < -0.39 is 18.1 Å². The van der Waals surface area contributed by atoms with Crippen LogP contribution in [0.25, 0.3) is 5.65 Å². The molecule has 0 radical (unpaired) electrons. The van der Waals surface area contributed by atoms with Gasteiger partial charge >= 0.3 is 12.4 Å². The van der Waals surface area contributed by atoms with Crippen molar-refractivity contribution in [3.8, 4) is 11.5 Å². The quantitative estimate of drug-likeness (QED) is 0.422. The second-order valence-corrected chi connectivity index (χ2v) is 6.98. The number of hydrogen-bond donors (Lipinski definition) is 2. The van der Waals surface area contributed by atoms with Crippen molar-refractivity contribution in [2.75, 3.05) is 10.6 Å². The highest BCUT2D eigenvalue weighted by Gasteiger charge is 2.30. The van der Waals surface area contributed by atoms with Crippen LogP contribution >= 0.6 is 0 Å². The fraction of sp³-hybridized carbons (Fsp3) is 0.0870. The van der Waals surface area contributed by atoms with Crippen LogP contribution < -0.4 is 25.7 Å². The first-order valence-electron chi connectivity index (χ1n) is 9.89. The van der Waals surface area contributed by atoms with E-state index in [1.165, 1.54) is 22.6 Å². The Balaban J connectivity index is 1.30. The van der Waals surface area contributed by atoms with Gasteiger partial charge in [-0.1, -0.05) is 6.07 Å². The van der Waals surface area contributed by atoms with Gasteiger partial charge in [0, 0.05) is 23.6 Å². The van der Waals surface area contributed by atoms with Crippen molar-refractivity contribution in [3.63, 3.8) is 0 Å². The van der Waals surface area contributed by atoms with Crippen LogP contribution in [0.1, 0.15) is 5.69 Å². The standard InChI is InChI=1S/C23H17F3N4O4/c24-23(25,26)34-19-10-6-16(7-11-19)29-22(32)28-15-4-8-18(9-5-15)33-14-17-13-21(31)30-12-2-1-3-20(30)27-17/h1-13H,14H2,(H2,28,29,32). The fourth-order valence-electron chi connectivity index (χ4n) is 3.00. The summed E-state index contributed by atoms with van der Waals surface area (Å²) in [5.74, 6) is 0.111. The molecule has 34 heavy (non-hydrogen) atoms. The second kappa shape index (κ2) is 9.53. The Labute approximate surface area is 190 Å². The molecular weight excluding hydrogens is 453 g/mol. The summed E-state index contributed by atoms with van der Waals surface area (Å²) in [7, 11) is 0. The molecule has 0 atom stereocenters. The maximum absolute atomic E-state index is 12.2. The van der Waals surface area contributed by atoms with Crippen molar-refractivity contribution in [2.24, 2.45) is 0 Å². The Kier molecular flexibility index (Phi) is 6.35. The minimum absolute atomic E-state index is 0.0853. The second-order valence-electron chi connectivity index (χ2n) is 6.98. The molecule has 0 saturated heterocycles. The van der Waals surface area contributed by atoms with Crippen LogP contribution in [0.15, 0.2) is 83.8 Å². The zero-order valence-corrected chi connectivity index (χ0v) is 17.4. The Morgan fingerprint density at radius 2 is 1.53 bits per heavy atom. The van der Waals surface area contributed by atoms with Crippen LogP contribution in [0, 0.1) is 0 Å². The van der Waals surface area contributed by atoms with E-state index in [1.807, 2.05) is 0 Å². The third-order valence-electron chi connectivity index (χ3n) is 4.47.